The molecule has 7 heteroatoms. The quantitative estimate of drug-likeness (QED) is 0.437. The van der Waals surface area contributed by atoms with Crippen molar-refractivity contribution in [2.24, 2.45) is 0 Å². The average Bonchev–Trinajstić information content (AvgIpc) is 3.16. The van der Waals surface area contributed by atoms with Gasteiger partial charge < -0.3 is 43.6 Å². The summed E-state index contributed by atoms with van der Waals surface area (Å²) in [4.78, 5) is 30.1. The standard InChI is InChI=1S/C25H28N2O4.HI/c1-31-19-11-9-18(10-12-19)24-17-22(28)27(16-15-26-13-5-2-6-14-26)25(24,30)21-8-4-3-7-20(21)23(24)29;/h3-4,7-12,30H,2,5-6,13-17H2,1H3;1H. The van der Waals surface area contributed by atoms with Crippen LogP contribution < -0.4 is 33.6 Å². The lowest BCUT2D eigenvalue weighted by molar-refractivity contribution is -0.904. The van der Waals surface area contributed by atoms with E-state index >= 15 is 0 Å². The molecule has 1 aliphatic carbocycles. The topological polar surface area (TPSA) is 71.3 Å². The molecule has 0 bridgehead atoms. The molecule has 0 spiro atoms. The number of amides is 1. The molecule has 2 aromatic rings. The smallest absolute Gasteiger partial charge is 0.226 e. The zero-order valence-electron chi connectivity index (χ0n) is 18.3. The maximum absolute atomic E-state index is 13.8. The lowest BCUT2D eigenvalue weighted by atomic mass is 9.71. The number of quaternary nitrogens is 1. The molecule has 2 aliphatic heterocycles. The summed E-state index contributed by atoms with van der Waals surface area (Å²) < 4.78 is 5.28. The maximum atomic E-state index is 13.8. The van der Waals surface area contributed by atoms with E-state index in [2.05, 4.69) is 0 Å². The Kier molecular flexibility index (Phi) is 6.35. The van der Waals surface area contributed by atoms with Gasteiger partial charge in [-0.25, -0.2) is 0 Å². The van der Waals surface area contributed by atoms with Crippen LogP contribution in [-0.2, 0) is 15.9 Å². The number of Topliss-reactive ketones (excluding diaryl/α,β-unsaturated/α-hetero) is 1. The first-order valence-corrected chi connectivity index (χ1v) is 11.2. The highest BCUT2D eigenvalue weighted by atomic mass is 127. The highest BCUT2D eigenvalue weighted by Crippen LogP contribution is 2.59. The number of nitrogens with zero attached hydrogens (tertiary/aromatic N) is 1. The number of hydrogen-bond acceptors (Lipinski definition) is 4. The van der Waals surface area contributed by atoms with Crippen molar-refractivity contribution in [3.63, 3.8) is 0 Å². The Morgan fingerprint density at radius 1 is 1.03 bits per heavy atom. The Morgan fingerprint density at radius 3 is 2.41 bits per heavy atom. The van der Waals surface area contributed by atoms with E-state index in [1.807, 2.05) is 12.1 Å². The number of nitrogens with one attached hydrogen (secondary N) is 1. The minimum Gasteiger partial charge on any atom is -1.00 e. The molecule has 2 atom stereocenters. The van der Waals surface area contributed by atoms with Crippen molar-refractivity contribution in [3.8, 4) is 5.75 Å². The van der Waals surface area contributed by atoms with Crippen molar-refractivity contribution in [2.45, 2.75) is 36.8 Å². The van der Waals surface area contributed by atoms with Crippen LogP contribution >= 0.6 is 0 Å². The number of ketones is 1. The van der Waals surface area contributed by atoms with Crippen LogP contribution in [0.15, 0.2) is 48.5 Å². The Labute approximate surface area is 205 Å². The lowest BCUT2D eigenvalue weighted by Gasteiger charge is -2.40. The summed E-state index contributed by atoms with van der Waals surface area (Å²) in [5.74, 6) is 0.316. The molecule has 0 aromatic heterocycles. The fraction of sp³-hybridized carbons (Fsp3) is 0.440. The third-order valence-corrected chi connectivity index (χ3v) is 7.47. The third-order valence-electron chi connectivity index (χ3n) is 7.47. The third kappa shape index (κ3) is 3.20. The zero-order chi connectivity index (χ0) is 21.6. The van der Waals surface area contributed by atoms with E-state index in [9.17, 15) is 14.7 Å². The van der Waals surface area contributed by atoms with Crippen molar-refractivity contribution in [1.29, 1.82) is 0 Å². The van der Waals surface area contributed by atoms with E-state index < -0.39 is 11.1 Å². The summed E-state index contributed by atoms with van der Waals surface area (Å²) in [6, 6.07) is 14.4. The van der Waals surface area contributed by atoms with E-state index in [0.717, 1.165) is 19.6 Å². The second kappa shape index (κ2) is 8.76. The number of likely N-dealkylation sites (tertiary alicyclic amines) is 2. The van der Waals surface area contributed by atoms with E-state index in [1.165, 1.54) is 24.2 Å². The molecule has 0 saturated carbocycles. The van der Waals surface area contributed by atoms with Gasteiger partial charge in [-0.15, -0.1) is 0 Å². The minimum absolute atomic E-state index is 0. The number of ether oxygens (including phenoxy) is 1. The summed E-state index contributed by atoms with van der Waals surface area (Å²) in [5.41, 5.74) is -1.32. The van der Waals surface area contributed by atoms with E-state index in [1.54, 1.807) is 48.4 Å². The summed E-state index contributed by atoms with van der Waals surface area (Å²) in [5, 5.41) is 12.3. The first-order chi connectivity index (χ1) is 15.0. The van der Waals surface area contributed by atoms with Gasteiger partial charge in [0, 0.05) is 17.5 Å². The zero-order valence-corrected chi connectivity index (χ0v) is 20.4. The SMILES string of the molecule is COc1ccc(C23CC(=O)N(CC[NH+]4CCCCC4)C2(O)c2ccccc2C3=O)cc1.[I-]. The van der Waals surface area contributed by atoms with Crippen LogP contribution in [0.25, 0.3) is 0 Å². The van der Waals surface area contributed by atoms with E-state index in [-0.39, 0.29) is 42.1 Å². The van der Waals surface area contributed by atoms with Gasteiger partial charge in [-0.2, -0.15) is 0 Å². The molecular formula is C25H29IN2O4. The van der Waals surface area contributed by atoms with Gasteiger partial charge >= 0.3 is 0 Å². The number of rotatable bonds is 5. The van der Waals surface area contributed by atoms with Crippen molar-refractivity contribution >= 4 is 11.7 Å². The molecule has 2 heterocycles. The molecule has 32 heavy (non-hydrogen) atoms. The number of aliphatic hydroxyl groups is 1. The largest absolute Gasteiger partial charge is 1.00 e. The van der Waals surface area contributed by atoms with Crippen LogP contribution in [0.5, 0.6) is 5.75 Å². The second-order valence-electron chi connectivity index (χ2n) is 8.96. The van der Waals surface area contributed by atoms with Gasteiger partial charge in [0.1, 0.15) is 11.2 Å². The van der Waals surface area contributed by atoms with Gasteiger partial charge in [0.2, 0.25) is 5.91 Å². The predicted octanol–water partition coefficient (Wildman–Crippen LogP) is -1.72. The van der Waals surface area contributed by atoms with Crippen molar-refractivity contribution in [3.05, 3.63) is 65.2 Å². The second-order valence-corrected chi connectivity index (χ2v) is 8.96. The molecular weight excluding hydrogens is 519 g/mol. The molecule has 2 aromatic carbocycles. The Bertz CT molecular complexity index is 1020. The lowest BCUT2D eigenvalue weighted by Crippen LogP contribution is -3.13. The van der Waals surface area contributed by atoms with Crippen molar-refractivity contribution < 1.29 is 48.3 Å². The molecule has 2 N–H and O–H groups in total. The number of carbonyl (C=O) groups excluding carboxylic acids is 2. The van der Waals surface area contributed by atoms with Gasteiger partial charge in [-0.1, -0.05) is 36.4 Å². The van der Waals surface area contributed by atoms with Crippen molar-refractivity contribution in [2.75, 3.05) is 33.3 Å². The maximum Gasteiger partial charge on any atom is 0.226 e. The molecule has 2 unspecified atom stereocenters. The van der Waals surface area contributed by atoms with Crippen LogP contribution in [0, 0.1) is 0 Å². The van der Waals surface area contributed by atoms with E-state index in [0.29, 0.717) is 29.0 Å². The molecule has 0 radical (unpaired) electrons. The summed E-state index contributed by atoms with van der Waals surface area (Å²) in [6.07, 6.45) is 3.63. The molecule has 2 saturated heterocycles. The summed E-state index contributed by atoms with van der Waals surface area (Å²) in [7, 11) is 1.59. The monoisotopic (exact) mass is 548 g/mol. The van der Waals surface area contributed by atoms with E-state index in [4.69, 9.17) is 4.74 Å². The van der Waals surface area contributed by atoms with Gasteiger partial charge in [0.25, 0.3) is 0 Å². The number of fused-ring (bicyclic) bond motifs is 3. The number of piperidine rings is 1. The number of benzene rings is 2. The number of hydrogen-bond donors (Lipinski definition) is 2. The van der Waals surface area contributed by atoms with Gasteiger partial charge in [0.15, 0.2) is 11.5 Å². The summed E-state index contributed by atoms with van der Waals surface area (Å²) in [6.45, 7) is 3.41. The fourth-order valence-electron chi connectivity index (χ4n) is 5.85. The van der Waals surface area contributed by atoms with Gasteiger partial charge in [-0.3, -0.25) is 9.59 Å². The minimum atomic E-state index is -1.68. The fourth-order valence-corrected chi connectivity index (χ4v) is 5.85. The summed E-state index contributed by atoms with van der Waals surface area (Å²) >= 11 is 0. The Balaban J connectivity index is 0.00000245. The highest BCUT2D eigenvalue weighted by molar-refractivity contribution is 6.14. The van der Waals surface area contributed by atoms with Crippen LogP contribution in [-0.4, -0.2) is 55.0 Å². The van der Waals surface area contributed by atoms with Crippen LogP contribution in [0.2, 0.25) is 0 Å². The first-order valence-electron chi connectivity index (χ1n) is 11.2. The number of halogens is 1. The van der Waals surface area contributed by atoms with Crippen molar-refractivity contribution in [1.82, 2.24) is 4.90 Å². The van der Waals surface area contributed by atoms with Gasteiger partial charge in [-0.05, 0) is 37.0 Å². The molecule has 170 valence electrons. The molecule has 6 nitrogen and oxygen atoms in total. The van der Waals surface area contributed by atoms with Crippen LogP contribution in [0.1, 0.15) is 47.2 Å². The first kappa shape index (κ1) is 23.2. The van der Waals surface area contributed by atoms with Crippen LogP contribution in [0.4, 0.5) is 0 Å². The average molecular weight is 548 g/mol. The normalized spacial score (nSPS) is 27.1. The molecule has 3 aliphatic rings. The van der Waals surface area contributed by atoms with Gasteiger partial charge in [0.05, 0.1) is 33.3 Å². The molecule has 1 amide bonds. The Hall–Kier alpha value is -1.97. The predicted molar refractivity (Wildman–Crippen MR) is 115 cm³/mol. The highest BCUT2D eigenvalue weighted by Gasteiger charge is 2.72. The molecule has 2 fully saturated rings. The number of carbonyl (C=O) groups is 2. The molecule has 5 rings (SSSR count). The Morgan fingerprint density at radius 2 is 1.72 bits per heavy atom. The number of methoxy groups -OCH3 is 1. The van der Waals surface area contributed by atoms with Crippen LogP contribution in [0.3, 0.4) is 0 Å².